The molecule has 2 aliphatic rings. The third-order valence-corrected chi connectivity index (χ3v) is 5.29. The number of esters is 1. The zero-order chi connectivity index (χ0) is 26.7. The molecule has 1 fully saturated rings. The van der Waals surface area contributed by atoms with Crippen molar-refractivity contribution in [2.75, 3.05) is 19.9 Å². The van der Waals surface area contributed by atoms with Crippen molar-refractivity contribution in [1.82, 2.24) is 5.01 Å². The highest BCUT2D eigenvalue weighted by atomic mass is 19.4. The number of hydrogen-bond acceptors (Lipinski definition) is 8. The number of aliphatic hydroxyl groups excluding tert-OH is 1. The van der Waals surface area contributed by atoms with Gasteiger partial charge in [0.25, 0.3) is 6.79 Å². The molecular formula is C20H21F6N3O7. The molecule has 0 aromatic heterocycles. The summed E-state index contributed by atoms with van der Waals surface area (Å²) in [5.74, 6) is -2.63. The van der Waals surface area contributed by atoms with E-state index in [4.69, 9.17) is 4.74 Å². The van der Waals surface area contributed by atoms with E-state index in [2.05, 4.69) is 19.6 Å². The van der Waals surface area contributed by atoms with Crippen molar-refractivity contribution in [1.29, 1.82) is 0 Å². The molecule has 0 spiro atoms. The first-order chi connectivity index (χ1) is 16.8. The minimum absolute atomic E-state index is 0.00474. The fraction of sp³-hybridized carbons (Fsp3) is 0.550. The van der Waals surface area contributed by atoms with E-state index in [1.807, 2.05) is 0 Å². The first-order valence-electron chi connectivity index (χ1n) is 10.6. The van der Waals surface area contributed by atoms with E-state index in [1.165, 1.54) is 6.92 Å². The molecule has 3 rings (SSSR count). The monoisotopic (exact) mass is 529 g/mol. The van der Waals surface area contributed by atoms with Crippen LogP contribution in [-0.2, 0) is 20.8 Å². The lowest BCUT2D eigenvalue weighted by Crippen LogP contribution is -2.41. The second kappa shape index (κ2) is 10.7. The molecule has 1 N–H and O–H groups in total. The Morgan fingerprint density at radius 2 is 2.03 bits per heavy atom. The Hall–Kier alpha value is -3.43. The Morgan fingerprint density at radius 1 is 1.31 bits per heavy atom. The Balaban J connectivity index is 1.79. The van der Waals surface area contributed by atoms with Gasteiger partial charge in [-0.15, -0.1) is 18.2 Å². The summed E-state index contributed by atoms with van der Waals surface area (Å²) in [6.07, 6.45) is -11.1. The lowest BCUT2D eigenvalue weighted by atomic mass is 9.97. The summed E-state index contributed by atoms with van der Waals surface area (Å²) in [5.41, 5.74) is -1.34. The van der Waals surface area contributed by atoms with E-state index in [0.29, 0.717) is 18.9 Å². The molecule has 1 aromatic rings. The molecule has 0 unspecified atom stereocenters. The van der Waals surface area contributed by atoms with Gasteiger partial charge in [0.2, 0.25) is 11.4 Å². The molecule has 1 saturated heterocycles. The second-order valence-corrected chi connectivity index (χ2v) is 7.70. The minimum Gasteiger partial charge on any atom is -0.569 e. The Labute approximate surface area is 199 Å². The number of benzene rings is 1. The average molecular weight is 529 g/mol. The summed E-state index contributed by atoms with van der Waals surface area (Å²) >= 11 is 0. The molecule has 16 heteroatoms. The van der Waals surface area contributed by atoms with Crippen LogP contribution in [0.3, 0.4) is 0 Å². The number of alkyl halides is 6. The van der Waals surface area contributed by atoms with E-state index in [9.17, 15) is 41.5 Å². The predicted molar refractivity (Wildman–Crippen MR) is 106 cm³/mol. The Kier molecular flexibility index (Phi) is 8.05. The topological polar surface area (TPSA) is 116 Å². The molecular weight excluding hydrogens is 508 g/mol. The number of fused-ring (bicyclic) bond motifs is 1. The van der Waals surface area contributed by atoms with Crippen molar-refractivity contribution in [2.24, 2.45) is 5.28 Å². The zero-order valence-electron chi connectivity index (χ0n) is 18.6. The first kappa shape index (κ1) is 27.2. The number of aryl methyl sites for hydroxylation is 1. The van der Waals surface area contributed by atoms with Gasteiger partial charge in [0, 0.05) is 5.56 Å². The number of rotatable bonds is 8. The van der Waals surface area contributed by atoms with Gasteiger partial charge in [0.1, 0.15) is 17.5 Å². The maximum atomic E-state index is 13.6. The fourth-order valence-corrected chi connectivity index (χ4v) is 3.74. The van der Waals surface area contributed by atoms with Gasteiger partial charge >= 0.3 is 18.5 Å². The van der Waals surface area contributed by atoms with Crippen LogP contribution in [0.25, 0.3) is 6.08 Å². The van der Waals surface area contributed by atoms with Gasteiger partial charge < -0.3 is 29.4 Å². The highest BCUT2D eigenvalue weighted by molar-refractivity contribution is 5.96. The largest absolute Gasteiger partial charge is 0.573 e. The number of hydrogen-bond donors (Lipinski definition) is 1. The number of ether oxygens (including phenoxy) is 3. The van der Waals surface area contributed by atoms with Gasteiger partial charge in [-0.05, 0) is 43.0 Å². The molecule has 2 aliphatic heterocycles. The fourth-order valence-electron chi connectivity index (χ4n) is 3.74. The average Bonchev–Trinajstić information content (AvgIpc) is 3.27. The van der Waals surface area contributed by atoms with Crippen LogP contribution in [0.5, 0.6) is 11.5 Å². The van der Waals surface area contributed by atoms with Crippen molar-refractivity contribution in [3.63, 3.8) is 0 Å². The summed E-state index contributed by atoms with van der Waals surface area (Å²) in [6, 6.07) is 1.17. The number of carbonyl (C=O) groups excluding carboxylic acids is 1. The zero-order valence-corrected chi connectivity index (χ0v) is 18.6. The molecule has 0 aliphatic carbocycles. The number of aliphatic hydroxyl groups is 1. The molecule has 200 valence electrons. The standard InChI is InChI=1S/C20H21F6N3O7/c1-2-11-6-14(36-20(24,25)26)7-12-8-15(17(19(21,22)23)35-16(11)12)18(31)33-10-34-27-29(32)28-5-3-4-13(28)9-30/h6-8,13,17,30H,2-5,9-10H2,1H3/b29-27-/t13-,17-/m0/s1. The van der Waals surface area contributed by atoms with Gasteiger partial charge in [-0.2, -0.15) is 13.2 Å². The third kappa shape index (κ3) is 6.41. The third-order valence-electron chi connectivity index (χ3n) is 5.29. The molecule has 1 aromatic carbocycles. The van der Waals surface area contributed by atoms with Crippen molar-refractivity contribution in [2.45, 2.75) is 50.9 Å². The van der Waals surface area contributed by atoms with Gasteiger partial charge in [-0.3, -0.25) is 0 Å². The lowest BCUT2D eigenvalue weighted by molar-refractivity contribution is -0.715. The summed E-state index contributed by atoms with van der Waals surface area (Å²) in [4.78, 5) is 17.0. The van der Waals surface area contributed by atoms with E-state index in [0.717, 1.165) is 17.1 Å². The predicted octanol–water partition coefficient (Wildman–Crippen LogP) is 3.62. The smallest absolute Gasteiger partial charge is 0.569 e. The highest BCUT2D eigenvalue weighted by Gasteiger charge is 2.49. The van der Waals surface area contributed by atoms with Crippen LogP contribution in [0, 0.1) is 5.21 Å². The van der Waals surface area contributed by atoms with Crippen LogP contribution >= 0.6 is 0 Å². The van der Waals surface area contributed by atoms with Crippen LogP contribution in [-0.4, -0.2) is 65.7 Å². The highest BCUT2D eigenvalue weighted by Crippen LogP contribution is 2.42. The molecule has 0 bridgehead atoms. The summed E-state index contributed by atoms with van der Waals surface area (Å²) in [7, 11) is 0. The van der Waals surface area contributed by atoms with E-state index in [-0.39, 0.29) is 41.4 Å². The van der Waals surface area contributed by atoms with Gasteiger partial charge in [-0.25, -0.2) is 4.79 Å². The maximum Gasteiger partial charge on any atom is 0.573 e. The van der Waals surface area contributed by atoms with Crippen LogP contribution in [0.15, 0.2) is 23.0 Å². The molecule has 2 heterocycles. The van der Waals surface area contributed by atoms with Crippen LogP contribution < -0.4 is 9.47 Å². The summed E-state index contributed by atoms with van der Waals surface area (Å²) in [6.45, 7) is 0.393. The van der Waals surface area contributed by atoms with Crippen LogP contribution in [0.2, 0.25) is 0 Å². The second-order valence-electron chi connectivity index (χ2n) is 7.70. The minimum atomic E-state index is -5.08. The molecule has 0 radical (unpaired) electrons. The van der Waals surface area contributed by atoms with Crippen molar-refractivity contribution < 1.29 is 60.3 Å². The molecule has 2 atom stereocenters. The van der Waals surface area contributed by atoms with Crippen molar-refractivity contribution >= 4 is 12.0 Å². The normalized spacial score (nSPS) is 20.4. The number of nitrogens with zero attached hydrogens (tertiary/aromatic N) is 3. The van der Waals surface area contributed by atoms with E-state index >= 15 is 0 Å². The van der Waals surface area contributed by atoms with Gasteiger partial charge in [-0.1, -0.05) is 6.92 Å². The Morgan fingerprint density at radius 3 is 2.64 bits per heavy atom. The molecule has 0 amide bonds. The summed E-state index contributed by atoms with van der Waals surface area (Å²) in [5, 5.41) is 25.4. The SMILES string of the molecule is CCc1cc(OC(F)(F)F)cc2c1O[C@H](C(F)(F)F)C(C(=O)OCO/N=[N+](\[O-])N1CCC[C@H]1CO)=C2. The number of carbonyl (C=O) groups is 1. The van der Waals surface area contributed by atoms with Gasteiger partial charge in [0.15, 0.2) is 0 Å². The van der Waals surface area contributed by atoms with Gasteiger partial charge in [0.05, 0.1) is 23.7 Å². The Bertz CT molecular complexity index is 1030. The quantitative estimate of drug-likeness (QED) is 0.103. The van der Waals surface area contributed by atoms with Crippen LogP contribution in [0.4, 0.5) is 26.3 Å². The van der Waals surface area contributed by atoms with Crippen LogP contribution in [0.1, 0.15) is 30.9 Å². The number of hydrazine groups is 1. The summed E-state index contributed by atoms with van der Waals surface area (Å²) < 4.78 is 92.3. The van der Waals surface area contributed by atoms with Crippen molar-refractivity contribution in [3.05, 3.63) is 34.0 Å². The van der Waals surface area contributed by atoms with Crippen molar-refractivity contribution in [3.8, 4) is 11.5 Å². The van der Waals surface area contributed by atoms with E-state index in [1.54, 1.807) is 0 Å². The molecule has 10 nitrogen and oxygen atoms in total. The molecule has 36 heavy (non-hydrogen) atoms. The van der Waals surface area contributed by atoms with E-state index < -0.39 is 48.8 Å². The molecule has 0 saturated carbocycles. The maximum absolute atomic E-state index is 13.6. The first-order valence-corrected chi connectivity index (χ1v) is 10.6. The number of halogens is 6. The lowest BCUT2D eigenvalue weighted by Gasteiger charge is -2.29.